The van der Waals surface area contributed by atoms with Gasteiger partial charge in [-0.15, -0.1) is 0 Å². The Bertz CT molecular complexity index is 731. The van der Waals surface area contributed by atoms with Gasteiger partial charge >= 0.3 is 0 Å². The Morgan fingerprint density at radius 3 is 1.75 bits per heavy atom. The van der Waals surface area contributed by atoms with Crippen LogP contribution in [-0.4, -0.2) is 30.3 Å². The maximum atomic E-state index is 5.32. The molecule has 2 aliphatic carbocycles. The van der Waals surface area contributed by atoms with Crippen molar-refractivity contribution in [3.63, 3.8) is 0 Å². The molecule has 1 saturated carbocycles. The lowest BCUT2D eigenvalue weighted by atomic mass is 9.74. The highest BCUT2D eigenvalue weighted by molar-refractivity contribution is 6.51. The fraction of sp³-hybridized carbons (Fsp3) is 0.875. The second-order valence-electron chi connectivity index (χ2n) is 12.5. The van der Waals surface area contributed by atoms with Crippen LogP contribution in [0.25, 0.3) is 0 Å². The monoisotopic (exact) mass is 493 g/mol. The third kappa shape index (κ3) is 8.76. The predicted molar refractivity (Wildman–Crippen MR) is 158 cm³/mol. The molecular formula is C32H56BN3. The first kappa shape index (κ1) is 28.0. The molecule has 1 aromatic heterocycles. The molecule has 0 aromatic carbocycles. The number of hydrogen-bond donors (Lipinski definition) is 0. The summed E-state index contributed by atoms with van der Waals surface area (Å²) in [5.41, 5.74) is 4.10. The molecule has 2 fully saturated rings. The van der Waals surface area contributed by atoms with Crippen molar-refractivity contribution in [2.75, 3.05) is 18.0 Å². The molecule has 0 amide bonds. The second-order valence-corrected chi connectivity index (χ2v) is 12.5. The molecule has 1 unspecified atom stereocenters. The largest absolute Gasteiger partial charge is 0.356 e. The Labute approximate surface area is 224 Å². The average molecular weight is 494 g/mol. The van der Waals surface area contributed by atoms with Crippen LogP contribution < -0.4 is 10.6 Å². The molecule has 1 atom stereocenters. The van der Waals surface area contributed by atoms with Gasteiger partial charge in [0, 0.05) is 24.3 Å². The van der Waals surface area contributed by atoms with Crippen LogP contribution in [0.5, 0.6) is 0 Å². The van der Waals surface area contributed by atoms with E-state index < -0.39 is 0 Å². The molecule has 36 heavy (non-hydrogen) atoms. The quantitative estimate of drug-likeness (QED) is 0.399. The third-order valence-corrected chi connectivity index (χ3v) is 9.57. The summed E-state index contributed by atoms with van der Waals surface area (Å²) < 4.78 is 0. The molecule has 3 aliphatic rings. The smallest absolute Gasteiger partial charge is 0.207 e. The Morgan fingerprint density at radius 2 is 1.14 bits per heavy atom. The summed E-state index contributed by atoms with van der Waals surface area (Å²) in [6.45, 7) is 4.67. The Morgan fingerprint density at radius 1 is 0.611 bits per heavy atom. The molecule has 0 spiro atoms. The van der Waals surface area contributed by atoms with Gasteiger partial charge in [-0.25, -0.2) is 9.97 Å². The van der Waals surface area contributed by atoms with Crippen molar-refractivity contribution < 1.29 is 0 Å². The van der Waals surface area contributed by atoms with Gasteiger partial charge in [0.1, 0.15) is 5.82 Å². The van der Waals surface area contributed by atoms with E-state index in [9.17, 15) is 0 Å². The van der Waals surface area contributed by atoms with Gasteiger partial charge in [-0.1, -0.05) is 116 Å². The van der Waals surface area contributed by atoms with Crippen molar-refractivity contribution in [1.29, 1.82) is 0 Å². The maximum Gasteiger partial charge on any atom is 0.207 e. The van der Waals surface area contributed by atoms with Crippen molar-refractivity contribution in [3.05, 3.63) is 11.3 Å². The first-order chi connectivity index (χ1) is 17.8. The first-order valence-corrected chi connectivity index (χ1v) is 16.5. The highest BCUT2D eigenvalue weighted by Gasteiger charge is 2.26. The van der Waals surface area contributed by atoms with Gasteiger partial charge in [-0.3, -0.25) is 0 Å². The van der Waals surface area contributed by atoms with Gasteiger partial charge in [-0.2, -0.15) is 0 Å². The molecule has 0 N–H and O–H groups in total. The fourth-order valence-electron chi connectivity index (χ4n) is 7.40. The van der Waals surface area contributed by atoms with Crippen LogP contribution in [0.2, 0.25) is 6.32 Å². The molecular weight excluding hydrogens is 437 g/mol. The van der Waals surface area contributed by atoms with Gasteiger partial charge in [0.2, 0.25) is 7.28 Å². The van der Waals surface area contributed by atoms with Crippen molar-refractivity contribution in [1.82, 2.24) is 9.97 Å². The second kappa shape index (κ2) is 16.0. The van der Waals surface area contributed by atoms with E-state index in [-0.39, 0.29) is 0 Å². The van der Waals surface area contributed by atoms with Crippen molar-refractivity contribution in [2.24, 2.45) is 11.8 Å². The highest BCUT2D eigenvalue weighted by Crippen LogP contribution is 2.36. The summed E-state index contributed by atoms with van der Waals surface area (Å²) in [6.07, 6.45) is 32.0. The van der Waals surface area contributed by atoms with Crippen LogP contribution >= 0.6 is 0 Å². The average Bonchev–Trinajstić information content (AvgIpc) is 2.95. The van der Waals surface area contributed by atoms with E-state index in [1.54, 1.807) is 5.56 Å². The Hall–Kier alpha value is -1.06. The van der Waals surface area contributed by atoms with E-state index in [1.807, 2.05) is 0 Å². The number of aromatic nitrogens is 2. The molecule has 1 aromatic rings. The molecule has 4 rings (SSSR count). The zero-order valence-electron chi connectivity index (χ0n) is 23.9. The molecule has 0 bridgehead atoms. The van der Waals surface area contributed by atoms with Crippen molar-refractivity contribution in [2.45, 2.75) is 155 Å². The van der Waals surface area contributed by atoms with Gasteiger partial charge in [0.15, 0.2) is 0 Å². The van der Waals surface area contributed by atoms with E-state index >= 15 is 0 Å². The zero-order valence-corrected chi connectivity index (χ0v) is 23.9. The van der Waals surface area contributed by atoms with Gasteiger partial charge in [-0.05, 0) is 50.4 Å². The summed E-state index contributed by atoms with van der Waals surface area (Å²) in [5, 5.41) is 0. The zero-order chi connectivity index (χ0) is 24.8. The number of nitrogens with zero attached hydrogens (tertiary/aromatic N) is 3. The van der Waals surface area contributed by atoms with Gasteiger partial charge in [0.25, 0.3) is 0 Å². The summed E-state index contributed by atoms with van der Waals surface area (Å²) in [5.74, 6) is 3.24. The summed E-state index contributed by atoms with van der Waals surface area (Å²) in [7, 11) is 1.03. The van der Waals surface area contributed by atoms with Gasteiger partial charge < -0.3 is 4.90 Å². The lowest BCUT2D eigenvalue weighted by Crippen LogP contribution is -2.33. The van der Waals surface area contributed by atoms with E-state index in [2.05, 4.69) is 11.8 Å². The standard InChI is InChI=1S/C32H56BN3/c1-2-33-32-34-30-24-23-28(27-19-13-9-8-10-14-20-27)21-15-16-22-29(30)31(35-32)36-25-17-11-6-4-3-5-7-12-18-26-36/h27-28,33H,2-26H2,1H3. The SMILES string of the molecule is CCBc1nc2c(c(N3CCCCCCCCCCC3)n1)CCCCC(C1CCCCCCC1)CC2. The van der Waals surface area contributed by atoms with Crippen LogP contribution in [0, 0.1) is 11.8 Å². The lowest BCUT2D eigenvalue weighted by molar-refractivity contribution is 0.235. The minimum atomic E-state index is 0.920. The van der Waals surface area contributed by atoms with Crippen LogP contribution in [0.3, 0.4) is 0 Å². The Balaban J connectivity index is 1.55. The van der Waals surface area contributed by atoms with Crippen molar-refractivity contribution in [3.8, 4) is 0 Å². The number of hydrogen-bond acceptors (Lipinski definition) is 3. The number of fused-ring (bicyclic) bond motifs is 1. The molecule has 4 heteroatoms. The van der Waals surface area contributed by atoms with Crippen molar-refractivity contribution >= 4 is 18.8 Å². The minimum absolute atomic E-state index is 0.920. The normalized spacial score (nSPS) is 24.6. The number of aryl methyl sites for hydroxylation is 1. The van der Waals surface area contributed by atoms with Crippen LogP contribution in [-0.2, 0) is 12.8 Å². The lowest BCUT2D eigenvalue weighted by Gasteiger charge is -2.29. The van der Waals surface area contributed by atoms with Crippen LogP contribution in [0.15, 0.2) is 0 Å². The molecule has 1 aliphatic heterocycles. The summed E-state index contributed by atoms with van der Waals surface area (Å²) in [6, 6.07) is 0. The van der Waals surface area contributed by atoms with E-state index in [1.165, 1.54) is 166 Å². The number of rotatable bonds is 4. The molecule has 0 radical (unpaired) electrons. The molecule has 1 saturated heterocycles. The van der Waals surface area contributed by atoms with E-state index in [4.69, 9.17) is 9.97 Å². The summed E-state index contributed by atoms with van der Waals surface area (Å²) in [4.78, 5) is 13.3. The Kier molecular flexibility index (Phi) is 12.5. The first-order valence-electron chi connectivity index (χ1n) is 16.5. The van der Waals surface area contributed by atoms with E-state index in [0.29, 0.717) is 0 Å². The van der Waals surface area contributed by atoms with Crippen LogP contribution in [0.1, 0.15) is 147 Å². The fourth-order valence-corrected chi connectivity index (χ4v) is 7.40. The van der Waals surface area contributed by atoms with Crippen LogP contribution in [0.4, 0.5) is 5.82 Å². The summed E-state index contributed by atoms with van der Waals surface area (Å²) >= 11 is 0. The molecule has 2 heterocycles. The third-order valence-electron chi connectivity index (χ3n) is 9.57. The van der Waals surface area contributed by atoms with E-state index in [0.717, 1.165) is 31.2 Å². The van der Waals surface area contributed by atoms with Gasteiger partial charge in [0.05, 0.1) is 5.72 Å². The molecule has 3 nitrogen and oxygen atoms in total. The topological polar surface area (TPSA) is 29.0 Å². The predicted octanol–water partition coefficient (Wildman–Crippen LogP) is 7.94. The molecule has 202 valence electrons. The number of anilines is 1. The minimum Gasteiger partial charge on any atom is -0.356 e. The maximum absolute atomic E-state index is 5.32. The highest BCUT2D eigenvalue weighted by atomic mass is 15.2.